The Bertz CT molecular complexity index is 6780. The molecular formula is C94H97Cl4F4N19O12S3. The van der Waals surface area contributed by atoms with Crippen LogP contribution in [0.3, 0.4) is 0 Å². The molecule has 0 spiro atoms. The molecule has 2 fully saturated rings. The third-order valence-electron chi connectivity index (χ3n) is 22.2. The number of sulfonamides is 3. The number of hydrogen-bond donors (Lipinski definition) is 3. The van der Waals surface area contributed by atoms with Gasteiger partial charge in [0.05, 0.1) is 56.6 Å². The van der Waals surface area contributed by atoms with E-state index in [0.717, 1.165) is 137 Å². The lowest BCUT2D eigenvalue weighted by Crippen LogP contribution is -2.32. The van der Waals surface area contributed by atoms with Crippen molar-refractivity contribution in [3.05, 3.63) is 320 Å². The van der Waals surface area contributed by atoms with Gasteiger partial charge in [0.1, 0.15) is 151 Å². The molecule has 136 heavy (non-hydrogen) atoms. The van der Waals surface area contributed by atoms with Crippen molar-refractivity contribution in [2.75, 3.05) is 52.4 Å². The summed E-state index contributed by atoms with van der Waals surface area (Å²) < 4.78 is 179. The van der Waals surface area contributed by atoms with Crippen LogP contribution in [-0.4, -0.2) is 135 Å². The van der Waals surface area contributed by atoms with Crippen molar-refractivity contribution < 1.29 is 71.2 Å². The second-order valence-corrected chi connectivity index (χ2v) is 38.0. The highest BCUT2D eigenvalue weighted by atomic mass is 35.5. The van der Waals surface area contributed by atoms with E-state index >= 15 is 4.39 Å². The Hall–Kier alpha value is -13.1. The summed E-state index contributed by atoms with van der Waals surface area (Å²) in [5.41, 5.74) is 9.74. The van der Waals surface area contributed by atoms with Crippen LogP contribution in [0.5, 0.6) is 34.5 Å². The first-order valence-electron chi connectivity index (χ1n) is 42.3. The van der Waals surface area contributed by atoms with E-state index in [9.17, 15) is 38.4 Å². The number of methoxy groups -OCH3 is 4. The van der Waals surface area contributed by atoms with E-state index in [0.29, 0.717) is 46.2 Å². The van der Waals surface area contributed by atoms with Gasteiger partial charge in [0.25, 0.3) is 30.1 Å². The minimum Gasteiger partial charge on any atom is -0.497 e. The smallest absolute Gasteiger partial charge is 0.268 e. The lowest BCUT2D eigenvalue weighted by atomic mass is 9.84. The number of aryl methyl sites for hydroxylation is 6. The molecule has 7 aromatic heterocycles. The number of nitrogens with one attached hydrogen (secondary N) is 3. The number of hydrogen-bond acceptors (Lipinski definition) is 26. The SMILES string of the molecule is COc1ccc(CN(c2ccncn2)S(=O)(=O)c2cc(Cl)c(F)cc2F)c(C)c1.COc1ccc(CN(c2ccncn2)S(=O)(=O)c2cc(Cl)c(O[C@H]3CCCC[C@@H]3c3ccnn3C)cc2F)c(C)c1.COc1ccc(CNc2cc(Cl)ncn2)c(C)c1.COc1ccc(CNc2ccncn2)c(C)c1.Cn1nccc1[C@H]1CCCC[C@@H]1Oc1cc(F)c(S(=O)(=O)Nc2ccncn2)cc1Cl. The molecule has 42 heteroatoms. The number of anilines is 5. The molecule has 31 nitrogen and oxygen atoms in total. The summed E-state index contributed by atoms with van der Waals surface area (Å²) in [5, 5.41) is 14.9. The Kier molecular flexibility index (Phi) is 35.5. The molecule has 7 heterocycles. The van der Waals surface area contributed by atoms with Crippen molar-refractivity contribution in [1.82, 2.24) is 69.4 Å². The molecule has 4 atom stereocenters. The molecule has 0 aliphatic heterocycles. The van der Waals surface area contributed by atoms with Crippen molar-refractivity contribution in [3.8, 4) is 34.5 Å². The summed E-state index contributed by atoms with van der Waals surface area (Å²) in [6.07, 6.45) is 22.8. The van der Waals surface area contributed by atoms with Crippen LogP contribution in [0, 0.1) is 51.0 Å². The number of rotatable bonds is 29. The minimum absolute atomic E-state index is 0.00238. The molecule has 0 bridgehead atoms. The lowest BCUT2D eigenvalue weighted by molar-refractivity contribution is 0.126. The predicted molar refractivity (Wildman–Crippen MR) is 510 cm³/mol. The Morgan fingerprint density at radius 1 is 0.390 bits per heavy atom. The normalized spacial score (nSPS) is 14.6. The monoisotopic (exact) mass is 2000 g/mol. The highest BCUT2D eigenvalue weighted by Gasteiger charge is 2.37. The number of ether oxygens (including phenoxy) is 6. The van der Waals surface area contributed by atoms with E-state index in [1.165, 1.54) is 97.8 Å². The number of halogens is 8. The van der Waals surface area contributed by atoms with Crippen LogP contribution in [0.15, 0.2) is 235 Å². The molecule has 2 saturated carbocycles. The Morgan fingerprint density at radius 2 is 0.765 bits per heavy atom. The Labute approximate surface area is 805 Å². The summed E-state index contributed by atoms with van der Waals surface area (Å²) in [6.45, 7) is 8.93. The van der Waals surface area contributed by atoms with Gasteiger partial charge in [-0.1, -0.05) is 83.5 Å². The minimum atomic E-state index is -4.47. The summed E-state index contributed by atoms with van der Waals surface area (Å²) in [6, 6.07) is 39.5. The molecule has 714 valence electrons. The van der Waals surface area contributed by atoms with E-state index in [1.807, 2.05) is 85.8 Å². The van der Waals surface area contributed by atoms with Crippen LogP contribution in [-0.2, 0) is 70.3 Å². The van der Waals surface area contributed by atoms with E-state index in [-0.39, 0.29) is 76.1 Å². The molecular weight excluding hydrogens is 1900 g/mol. The molecule has 0 unspecified atom stereocenters. The quantitative estimate of drug-likeness (QED) is 0.0223. The van der Waals surface area contributed by atoms with Crippen molar-refractivity contribution >= 4 is 106 Å². The second kappa shape index (κ2) is 47.4. The predicted octanol–water partition coefficient (Wildman–Crippen LogP) is 19.3. The van der Waals surface area contributed by atoms with Crippen LogP contribution in [0.1, 0.15) is 119 Å². The molecule has 16 rings (SSSR count). The van der Waals surface area contributed by atoms with Crippen LogP contribution in [0.25, 0.3) is 0 Å². The van der Waals surface area contributed by atoms with E-state index in [4.69, 9.17) is 74.8 Å². The van der Waals surface area contributed by atoms with Gasteiger partial charge < -0.3 is 39.1 Å². The topological polar surface area (TPSA) is 365 Å². The van der Waals surface area contributed by atoms with Crippen LogP contribution < -0.4 is 52.4 Å². The molecule has 0 radical (unpaired) electrons. The maximum atomic E-state index is 15.7. The summed E-state index contributed by atoms with van der Waals surface area (Å²) in [7, 11) is -2.99. The fraction of sp³-hybridized carbons (Fsp3) is 0.277. The lowest BCUT2D eigenvalue weighted by Gasteiger charge is -2.32. The summed E-state index contributed by atoms with van der Waals surface area (Å²) >= 11 is 24.4. The van der Waals surface area contributed by atoms with Crippen molar-refractivity contribution in [1.29, 1.82) is 0 Å². The van der Waals surface area contributed by atoms with Gasteiger partial charge in [-0.05, 0) is 202 Å². The zero-order valence-electron chi connectivity index (χ0n) is 75.4. The molecule has 14 aromatic rings. The van der Waals surface area contributed by atoms with Gasteiger partial charge >= 0.3 is 0 Å². The van der Waals surface area contributed by atoms with E-state index < -0.39 is 73.0 Å². The first-order chi connectivity index (χ1) is 65.2. The van der Waals surface area contributed by atoms with Gasteiger partial charge in [-0.3, -0.25) is 14.1 Å². The second-order valence-electron chi connectivity index (χ2n) is 31.0. The summed E-state index contributed by atoms with van der Waals surface area (Å²) in [4.78, 5) is 37.3. The molecule has 7 aromatic carbocycles. The van der Waals surface area contributed by atoms with Gasteiger partial charge in [-0.2, -0.15) is 10.2 Å². The van der Waals surface area contributed by atoms with Crippen molar-refractivity contribution in [2.45, 2.75) is 144 Å². The summed E-state index contributed by atoms with van der Waals surface area (Å²) in [5.74, 6) is 0.781. The van der Waals surface area contributed by atoms with Crippen LogP contribution >= 0.6 is 46.4 Å². The standard InChI is InChI=1S/C29H31ClFN5O4S.C20H21ClFN5O3S.C19H16ClF2N3O3S.C13H14ClN3O.C13H15N3O/c1-19-14-21(39-3)9-8-20(19)17-36(29-11-12-32-18-33-29)41(37,38)28-15-23(30)27(16-24(28)31)40-26-7-5-4-6-22(26)25-10-13-34-35(25)2;1-27-16(6-9-25-27)13-4-2-3-5-17(13)30-18-11-15(22)19(10-14(18)21)31(28,29)26-20-7-8-23-12-24-20;1-12-7-14(28-2)4-3-13(12)10-25(19-5-6-23-11-24-19)29(26,27)18-8-15(20)16(21)9-17(18)22;1-9-5-11(18-2)4-3-10(9)7-15-13-6-12(14)16-8-17-13;1-10-7-12(17-2)4-3-11(10)8-15-13-5-6-14-9-16-13/h8-16,18,22,26H,4-7,17H2,1-3H3;6-13,17H,2-5H2,1H3,(H,23,24,26);3-9,11H,10H2,1-2H3;3-6,8H,7H2,1-2H3,(H,15,16,17);3-7,9H,8H2,1-2H3,(H,14,15,16)/t22-,26+;13-,17+;;;/m11.../s1. The average Bonchev–Trinajstić information content (AvgIpc) is 0.804. The van der Waals surface area contributed by atoms with Crippen molar-refractivity contribution in [2.24, 2.45) is 14.1 Å². The number of aromatic nitrogens is 14. The Morgan fingerprint density at radius 3 is 1.15 bits per heavy atom. The highest BCUT2D eigenvalue weighted by Crippen LogP contribution is 2.43. The molecule has 2 aliphatic rings. The largest absolute Gasteiger partial charge is 0.497 e. The zero-order valence-corrected chi connectivity index (χ0v) is 80.9. The third-order valence-corrected chi connectivity index (χ3v) is 28.2. The first kappa shape index (κ1) is 102. The van der Waals surface area contributed by atoms with Gasteiger partial charge in [-0.25, -0.2) is 101 Å². The van der Waals surface area contributed by atoms with Crippen molar-refractivity contribution in [3.63, 3.8) is 0 Å². The maximum Gasteiger partial charge on any atom is 0.268 e. The molecule has 3 N–H and O–H groups in total. The Balaban J connectivity index is 0.000000158. The average molecular weight is 2000 g/mol. The van der Waals surface area contributed by atoms with Gasteiger partial charge in [0, 0.05) is 124 Å². The number of nitrogens with zero attached hydrogens (tertiary/aromatic N) is 16. The fourth-order valence-electron chi connectivity index (χ4n) is 14.9. The van der Waals surface area contributed by atoms with Gasteiger partial charge in [0.15, 0.2) is 0 Å². The van der Waals surface area contributed by atoms with Crippen LogP contribution in [0.2, 0.25) is 20.2 Å². The van der Waals surface area contributed by atoms with Crippen LogP contribution in [0.4, 0.5) is 46.7 Å². The molecule has 0 saturated heterocycles. The van der Waals surface area contributed by atoms with Gasteiger partial charge in [-0.15, -0.1) is 0 Å². The number of benzene rings is 7. The van der Waals surface area contributed by atoms with Gasteiger partial charge in [0.2, 0.25) is 0 Å². The third kappa shape index (κ3) is 26.5. The maximum absolute atomic E-state index is 15.7. The molecule has 2 aliphatic carbocycles. The first-order valence-corrected chi connectivity index (χ1v) is 48.2. The fourth-order valence-corrected chi connectivity index (χ4v) is 19.9. The zero-order chi connectivity index (χ0) is 97.4. The van der Waals surface area contributed by atoms with E-state index in [2.05, 4.69) is 88.4 Å². The highest BCUT2D eigenvalue weighted by molar-refractivity contribution is 7.93. The van der Waals surface area contributed by atoms with E-state index in [1.54, 1.807) is 89.3 Å². The molecule has 0 amide bonds.